The topological polar surface area (TPSA) is 54.7 Å². The van der Waals surface area contributed by atoms with E-state index in [1.165, 1.54) is 12.8 Å². The Kier molecular flexibility index (Phi) is 5.89. The van der Waals surface area contributed by atoms with Crippen molar-refractivity contribution >= 4 is 5.91 Å². The van der Waals surface area contributed by atoms with Gasteiger partial charge in [-0.1, -0.05) is 12.1 Å². The molecule has 0 saturated carbocycles. The van der Waals surface area contributed by atoms with Gasteiger partial charge in [0.1, 0.15) is 11.5 Å². The number of hydrogen-bond acceptors (Lipinski definition) is 4. The molecule has 0 spiro atoms. The molecule has 1 amide bonds. The zero-order valence-electron chi connectivity index (χ0n) is 15.0. The van der Waals surface area contributed by atoms with Crippen LogP contribution in [0.25, 0.3) is 0 Å². The van der Waals surface area contributed by atoms with Gasteiger partial charge in [0.25, 0.3) is 5.91 Å². The lowest BCUT2D eigenvalue weighted by atomic mass is 10.1. The van der Waals surface area contributed by atoms with Crippen LogP contribution in [0.5, 0.6) is 0 Å². The molecular weight excluding hydrogens is 316 g/mol. The maximum Gasteiger partial charge on any atom is 0.251 e. The lowest BCUT2D eigenvalue weighted by Crippen LogP contribution is -2.36. The summed E-state index contributed by atoms with van der Waals surface area (Å²) in [7, 11) is 1.65. The van der Waals surface area contributed by atoms with Crippen molar-refractivity contribution < 1.29 is 13.9 Å². The number of likely N-dealkylation sites (tertiary alicyclic amines) is 1. The van der Waals surface area contributed by atoms with Crippen molar-refractivity contribution in [3.05, 3.63) is 59.0 Å². The van der Waals surface area contributed by atoms with Gasteiger partial charge in [0, 0.05) is 19.2 Å². The molecule has 1 fully saturated rings. The van der Waals surface area contributed by atoms with Crippen molar-refractivity contribution in [2.75, 3.05) is 26.7 Å². The van der Waals surface area contributed by atoms with Gasteiger partial charge >= 0.3 is 0 Å². The molecule has 1 aliphatic heterocycles. The van der Waals surface area contributed by atoms with Crippen molar-refractivity contribution in [1.29, 1.82) is 0 Å². The smallest absolute Gasteiger partial charge is 0.251 e. The molecule has 25 heavy (non-hydrogen) atoms. The van der Waals surface area contributed by atoms with E-state index in [-0.39, 0.29) is 11.9 Å². The van der Waals surface area contributed by atoms with Gasteiger partial charge < -0.3 is 14.5 Å². The van der Waals surface area contributed by atoms with E-state index in [9.17, 15) is 4.79 Å². The highest BCUT2D eigenvalue weighted by molar-refractivity contribution is 5.94. The van der Waals surface area contributed by atoms with Gasteiger partial charge in [0.2, 0.25) is 0 Å². The van der Waals surface area contributed by atoms with Crippen molar-refractivity contribution in [3.8, 4) is 0 Å². The molecule has 5 heteroatoms. The molecule has 2 aromatic rings. The Morgan fingerprint density at radius 1 is 1.28 bits per heavy atom. The maximum absolute atomic E-state index is 12.6. The lowest BCUT2D eigenvalue weighted by Gasteiger charge is -2.26. The SMILES string of the molecule is COCc1cccc(C(=O)NC[C@@H](c2ccc(C)o2)N2CCCC2)c1. The zero-order valence-corrected chi connectivity index (χ0v) is 15.0. The second-order valence-electron chi connectivity index (χ2n) is 6.55. The highest BCUT2D eigenvalue weighted by atomic mass is 16.5. The molecule has 134 valence electrons. The minimum absolute atomic E-state index is 0.0644. The quantitative estimate of drug-likeness (QED) is 0.839. The molecule has 0 unspecified atom stereocenters. The van der Waals surface area contributed by atoms with Crippen LogP contribution < -0.4 is 5.32 Å². The largest absolute Gasteiger partial charge is 0.465 e. The van der Waals surface area contributed by atoms with Crippen LogP contribution in [-0.2, 0) is 11.3 Å². The molecule has 0 bridgehead atoms. The average molecular weight is 342 g/mol. The predicted octanol–water partition coefficient (Wildman–Crippen LogP) is 3.30. The number of nitrogens with one attached hydrogen (secondary N) is 1. The van der Waals surface area contributed by atoms with Crippen LogP contribution in [0, 0.1) is 6.92 Å². The van der Waals surface area contributed by atoms with E-state index in [4.69, 9.17) is 9.15 Å². The molecule has 1 aromatic heterocycles. The summed E-state index contributed by atoms with van der Waals surface area (Å²) in [6.07, 6.45) is 2.40. The normalized spacial score (nSPS) is 16.1. The highest BCUT2D eigenvalue weighted by Crippen LogP contribution is 2.26. The third-order valence-electron chi connectivity index (χ3n) is 4.63. The third kappa shape index (κ3) is 4.50. The van der Waals surface area contributed by atoms with Crippen LogP contribution in [0.2, 0.25) is 0 Å². The number of methoxy groups -OCH3 is 1. The highest BCUT2D eigenvalue weighted by Gasteiger charge is 2.26. The summed E-state index contributed by atoms with van der Waals surface area (Å²) in [4.78, 5) is 14.9. The standard InChI is InChI=1S/C20H26N2O3/c1-15-8-9-19(25-15)18(22-10-3-4-11-22)13-21-20(23)17-7-5-6-16(12-17)14-24-2/h5-9,12,18H,3-4,10-11,13-14H2,1-2H3,(H,21,23)/t18-/m0/s1. The number of ether oxygens (including phenoxy) is 1. The number of aryl methyl sites for hydroxylation is 1. The van der Waals surface area contributed by atoms with Gasteiger partial charge in [-0.15, -0.1) is 0 Å². The molecule has 1 atom stereocenters. The molecule has 3 rings (SSSR count). The maximum atomic E-state index is 12.6. The Labute approximate surface area is 149 Å². The number of carbonyl (C=O) groups excluding carboxylic acids is 1. The molecule has 2 heterocycles. The Morgan fingerprint density at radius 3 is 2.76 bits per heavy atom. The Bertz CT molecular complexity index is 704. The fraction of sp³-hybridized carbons (Fsp3) is 0.450. The Morgan fingerprint density at radius 2 is 2.08 bits per heavy atom. The molecule has 0 aliphatic carbocycles. The van der Waals surface area contributed by atoms with E-state index in [0.717, 1.165) is 30.2 Å². The van der Waals surface area contributed by atoms with Crippen molar-refractivity contribution in [3.63, 3.8) is 0 Å². The van der Waals surface area contributed by atoms with E-state index in [2.05, 4.69) is 10.2 Å². The van der Waals surface area contributed by atoms with Crippen LogP contribution in [0.1, 0.15) is 46.3 Å². The number of hydrogen-bond donors (Lipinski definition) is 1. The van der Waals surface area contributed by atoms with E-state index >= 15 is 0 Å². The van der Waals surface area contributed by atoms with E-state index < -0.39 is 0 Å². The molecule has 5 nitrogen and oxygen atoms in total. The molecule has 1 saturated heterocycles. The zero-order chi connectivity index (χ0) is 17.6. The summed E-state index contributed by atoms with van der Waals surface area (Å²) in [5, 5.41) is 3.07. The fourth-order valence-electron chi connectivity index (χ4n) is 3.36. The van der Waals surface area contributed by atoms with E-state index in [0.29, 0.717) is 18.7 Å². The van der Waals surface area contributed by atoms with Crippen LogP contribution in [-0.4, -0.2) is 37.6 Å². The Balaban J connectivity index is 1.68. The molecular formula is C20H26N2O3. The molecule has 0 radical (unpaired) electrons. The summed E-state index contributed by atoms with van der Waals surface area (Å²) in [6, 6.07) is 11.6. The monoisotopic (exact) mass is 342 g/mol. The minimum Gasteiger partial charge on any atom is -0.465 e. The van der Waals surface area contributed by atoms with Gasteiger partial charge in [-0.2, -0.15) is 0 Å². The molecule has 1 aromatic carbocycles. The second-order valence-corrected chi connectivity index (χ2v) is 6.55. The van der Waals surface area contributed by atoms with Gasteiger partial charge in [-0.25, -0.2) is 0 Å². The molecule has 1 N–H and O–H groups in total. The first-order valence-electron chi connectivity index (χ1n) is 8.84. The van der Waals surface area contributed by atoms with Crippen LogP contribution in [0.3, 0.4) is 0 Å². The van der Waals surface area contributed by atoms with E-state index in [1.807, 2.05) is 43.3 Å². The fourth-order valence-corrected chi connectivity index (χ4v) is 3.36. The van der Waals surface area contributed by atoms with Crippen molar-refractivity contribution in [1.82, 2.24) is 10.2 Å². The average Bonchev–Trinajstić information content (AvgIpc) is 3.28. The van der Waals surface area contributed by atoms with E-state index in [1.54, 1.807) is 7.11 Å². The lowest BCUT2D eigenvalue weighted by molar-refractivity contribution is 0.0933. The summed E-state index contributed by atoms with van der Waals surface area (Å²) in [5.41, 5.74) is 1.65. The summed E-state index contributed by atoms with van der Waals surface area (Å²) >= 11 is 0. The van der Waals surface area contributed by atoms with Crippen LogP contribution in [0.4, 0.5) is 0 Å². The summed E-state index contributed by atoms with van der Waals surface area (Å²) in [6.45, 7) is 5.08. The van der Waals surface area contributed by atoms with Crippen LogP contribution in [0.15, 0.2) is 40.8 Å². The first-order valence-corrected chi connectivity index (χ1v) is 8.84. The van der Waals surface area contributed by atoms with Crippen molar-refractivity contribution in [2.24, 2.45) is 0 Å². The number of benzene rings is 1. The number of rotatable bonds is 7. The van der Waals surface area contributed by atoms with Gasteiger partial charge in [0.05, 0.1) is 12.6 Å². The predicted molar refractivity (Wildman–Crippen MR) is 96.5 cm³/mol. The minimum atomic E-state index is -0.0644. The number of carbonyl (C=O) groups is 1. The number of amides is 1. The molecule has 1 aliphatic rings. The van der Waals surface area contributed by atoms with Crippen molar-refractivity contribution in [2.45, 2.75) is 32.4 Å². The number of nitrogens with zero attached hydrogens (tertiary/aromatic N) is 1. The third-order valence-corrected chi connectivity index (χ3v) is 4.63. The van der Waals surface area contributed by atoms with Gasteiger partial charge in [-0.05, 0) is 62.7 Å². The number of furan rings is 1. The van der Waals surface area contributed by atoms with Crippen LogP contribution >= 0.6 is 0 Å². The second kappa shape index (κ2) is 8.32. The van der Waals surface area contributed by atoms with Gasteiger partial charge in [-0.3, -0.25) is 9.69 Å². The summed E-state index contributed by atoms with van der Waals surface area (Å²) in [5.74, 6) is 1.76. The first-order chi connectivity index (χ1) is 12.2. The first kappa shape index (κ1) is 17.7. The summed E-state index contributed by atoms with van der Waals surface area (Å²) < 4.78 is 11.0. The Hall–Kier alpha value is -2.11. The van der Waals surface area contributed by atoms with Gasteiger partial charge in [0.15, 0.2) is 0 Å².